The van der Waals surface area contributed by atoms with Gasteiger partial charge in [0.25, 0.3) is 0 Å². The zero-order valence-corrected chi connectivity index (χ0v) is 17.1. The summed E-state index contributed by atoms with van der Waals surface area (Å²) in [6, 6.07) is 15.2. The fourth-order valence-electron chi connectivity index (χ4n) is 2.75. The summed E-state index contributed by atoms with van der Waals surface area (Å²) < 4.78 is 12.4. The number of imidazole rings is 1. The first-order valence-electron chi connectivity index (χ1n) is 8.98. The van der Waals surface area contributed by atoms with E-state index in [9.17, 15) is 9.90 Å². The highest BCUT2D eigenvalue weighted by Crippen LogP contribution is 2.29. The molecular formula is C21H23N3O4S. The number of rotatable bonds is 9. The molecule has 1 heterocycles. The number of hydrogen-bond donors (Lipinski definition) is 2. The van der Waals surface area contributed by atoms with E-state index in [0.717, 1.165) is 5.56 Å². The van der Waals surface area contributed by atoms with Crippen LogP contribution in [0.5, 0.6) is 11.5 Å². The van der Waals surface area contributed by atoms with E-state index in [1.54, 1.807) is 31.5 Å². The molecular weight excluding hydrogens is 390 g/mol. The summed E-state index contributed by atoms with van der Waals surface area (Å²) in [7, 11) is 3.11. The predicted octanol–water partition coefficient (Wildman–Crippen LogP) is 3.17. The Kier molecular flexibility index (Phi) is 7.15. The van der Waals surface area contributed by atoms with Crippen molar-refractivity contribution in [2.45, 2.75) is 18.3 Å². The summed E-state index contributed by atoms with van der Waals surface area (Å²) >= 11 is 1.31. The Labute approximate surface area is 173 Å². The lowest BCUT2D eigenvalue weighted by Crippen LogP contribution is -2.15. The van der Waals surface area contributed by atoms with Crippen molar-refractivity contribution in [3.63, 3.8) is 0 Å². The van der Waals surface area contributed by atoms with Crippen LogP contribution in [0.2, 0.25) is 0 Å². The molecule has 2 aromatic carbocycles. The molecule has 0 bridgehead atoms. The number of anilines is 1. The summed E-state index contributed by atoms with van der Waals surface area (Å²) in [4.78, 5) is 16.9. The number of aromatic nitrogens is 2. The van der Waals surface area contributed by atoms with Gasteiger partial charge in [-0.15, -0.1) is 0 Å². The van der Waals surface area contributed by atoms with Crippen molar-refractivity contribution in [2.24, 2.45) is 0 Å². The van der Waals surface area contributed by atoms with Crippen LogP contribution in [0.1, 0.15) is 11.3 Å². The number of carbonyl (C=O) groups excluding carboxylic acids is 1. The monoisotopic (exact) mass is 413 g/mol. The Morgan fingerprint density at radius 1 is 1.17 bits per heavy atom. The van der Waals surface area contributed by atoms with E-state index in [0.29, 0.717) is 34.6 Å². The van der Waals surface area contributed by atoms with Gasteiger partial charge >= 0.3 is 0 Å². The van der Waals surface area contributed by atoms with Crippen molar-refractivity contribution < 1.29 is 19.4 Å². The van der Waals surface area contributed by atoms with E-state index < -0.39 is 0 Å². The molecule has 7 nitrogen and oxygen atoms in total. The van der Waals surface area contributed by atoms with Crippen LogP contribution in [0.4, 0.5) is 5.69 Å². The number of methoxy groups -OCH3 is 2. The minimum atomic E-state index is -0.182. The number of nitrogens with one attached hydrogen (secondary N) is 1. The van der Waals surface area contributed by atoms with Crippen molar-refractivity contribution in [1.82, 2.24) is 9.55 Å². The Bertz CT molecular complexity index is 960. The first kappa shape index (κ1) is 20.8. The van der Waals surface area contributed by atoms with E-state index in [1.165, 1.54) is 18.9 Å². The largest absolute Gasteiger partial charge is 0.497 e. The minimum Gasteiger partial charge on any atom is -0.497 e. The van der Waals surface area contributed by atoms with Gasteiger partial charge in [0.2, 0.25) is 5.91 Å². The summed E-state index contributed by atoms with van der Waals surface area (Å²) in [5.74, 6) is 1.16. The molecule has 152 valence electrons. The number of nitrogens with zero attached hydrogens (tertiary/aromatic N) is 2. The molecule has 3 rings (SSSR count). The van der Waals surface area contributed by atoms with Gasteiger partial charge in [-0.3, -0.25) is 4.79 Å². The quantitative estimate of drug-likeness (QED) is 0.524. The van der Waals surface area contributed by atoms with Crippen molar-refractivity contribution in [3.8, 4) is 11.5 Å². The first-order valence-corrected chi connectivity index (χ1v) is 9.97. The van der Waals surface area contributed by atoms with Crippen LogP contribution < -0.4 is 14.8 Å². The number of hydrogen-bond acceptors (Lipinski definition) is 6. The molecule has 0 fully saturated rings. The highest BCUT2D eigenvalue weighted by Gasteiger charge is 2.13. The summed E-state index contributed by atoms with van der Waals surface area (Å²) in [5, 5.41) is 12.9. The molecule has 8 heteroatoms. The molecule has 0 spiro atoms. The van der Waals surface area contributed by atoms with Crippen molar-refractivity contribution in [3.05, 3.63) is 66.0 Å². The number of benzene rings is 2. The fraction of sp³-hybridized carbons (Fsp3) is 0.238. The lowest BCUT2D eigenvalue weighted by Gasteiger charge is -2.12. The number of aliphatic hydroxyl groups is 1. The van der Waals surface area contributed by atoms with Crippen molar-refractivity contribution >= 4 is 23.4 Å². The van der Waals surface area contributed by atoms with E-state index in [-0.39, 0.29) is 18.3 Å². The maximum Gasteiger partial charge on any atom is 0.234 e. The summed E-state index contributed by atoms with van der Waals surface area (Å²) in [5.41, 5.74) is 2.26. The molecule has 0 saturated carbocycles. The van der Waals surface area contributed by atoms with Crippen molar-refractivity contribution in [1.29, 1.82) is 0 Å². The second-order valence-corrected chi connectivity index (χ2v) is 7.13. The second kappa shape index (κ2) is 9.99. The number of aliphatic hydroxyl groups excluding tert-OH is 1. The van der Waals surface area contributed by atoms with Crippen LogP contribution in [0.25, 0.3) is 0 Å². The maximum absolute atomic E-state index is 12.4. The SMILES string of the molecule is COc1ccc(NC(=O)CSc2nc(CO)cn2Cc2ccccc2)c(OC)c1. The molecule has 0 atom stereocenters. The number of thioether (sulfide) groups is 1. The Morgan fingerprint density at radius 3 is 2.66 bits per heavy atom. The normalized spacial score (nSPS) is 10.6. The lowest BCUT2D eigenvalue weighted by molar-refractivity contribution is -0.113. The first-order chi connectivity index (χ1) is 14.1. The van der Waals surface area contributed by atoms with Gasteiger partial charge in [-0.2, -0.15) is 0 Å². The third-order valence-electron chi connectivity index (χ3n) is 4.16. The van der Waals surface area contributed by atoms with Crippen LogP contribution in [-0.2, 0) is 17.9 Å². The average molecular weight is 413 g/mol. The van der Waals surface area contributed by atoms with Gasteiger partial charge in [-0.25, -0.2) is 4.98 Å². The molecule has 0 saturated heterocycles. The van der Waals surface area contributed by atoms with E-state index in [1.807, 2.05) is 34.9 Å². The zero-order valence-electron chi connectivity index (χ0n) is 16.3. The highest BCUT2D eigenvalue weighted by molar-refractivity contribution is 7.99. The molecule has 1 aromatic heterocycles. The number of ether oxygens (including phenoxy) is 2. The van der Waals surface area contributed by atoms with Crippen LogP contribution >= 0.6 is 11.8 Å². The van der Waals surface area contributed by atoms with Gasteiger partial charge in [0.05, 0.1) is 38.0 Å². The molecule has 1 amide bonds. The fourth-order valence-corrected chi connectivity index (χ4v) is 3.55. The standard InChI is InChI=1S/C21H23N3O4S/c1-27-17-8-9-18(19(10-17)28-2)23-20(26)14-29-21-22-16(13-25)12-24(21)11-15-6-4-3-5-7-15/h3-10,12,25H,11,13-14H2,1-2H3,(H,23,26). The third-order valence-corrected chi connectivity index (χ3v) is 5.15. The zero-order chi connectivity index (χ0) is 20.6. The van der Waals surface area contributed by atoms with E-state index >= 15 is 0 Å². The average Bonchev–Trinajstić information content (AvgIpc) is 3.15. The summed E-state index contributed by atoms with van der Waals surface area (Å²) in [6.07, 6.45) is 1.81. The van der Waals surface area contributed by atoms with Gasteiger partial charge in [-0.1, -0.05) is 42.1 Å². The molecule has 0 aliphatic rings. The van der Waals surface area contributed by atoms with Crippen molar-refractivity contribution in [2.75, 3.05) is 25.3 Å². The van der Waals surface area contributed by atoms with Crippen LogP contribution in [0, 0.1) is 0 Å². The highest BCUT2D eigenvalue weighted by atomic mass is 32.2. The predicted molar refractivity (Wildman–Crippen MR) is 113 cm³/mol. The molecule has 0 unspecified atom stereocenters. The summed E-state index contributed by atoms with van der Waals surface area (Å²) in [6.45, 7) is 0.467. The molecule has 3 aromatic rings. The van der Waals surface area contributed by atoms with Gasteiger partial charge in [0.1, 0.15) is 11.5 Å². The maximum atomic E-state index is 12.4. The van der Waals surface area contributed by atoms with Gasteiger partial charge in [-0.05, 0) is 17.7 Å². The van der Waals surface area contributed by atoms with Gasteiger partial charge in [0, 0.05) is 18.8 Å². The molecule has 0 radical (unpaired) electrons. The number of amides is 1. The second-order valence-electron chi connectivity index (χ2n) is 6.19. The third kappa shape index (κ3) is 5.52. The van der Waals surface area contributed by atoms with E-state index in [2.05, 4.69) is 10.3 Å². The minimum absolute atomic E-state index is 0.148. The Morgan fingerprint density at radius 2 is 1.97 bits per heavy atom. The molecule has 29 heavy (non-hydrogen) atoms. The van der Waals surface area contributed by atoms with Crippen LogP contribution in [-0.4, -0.2) is 40.5 Å². The van der Waals surface area contributed by atoms with E-state index in [4.69, 9.17) is 9.47 Å². The molecule has 0 aliphatic carbocycles. The van der Waals surface area contributed by atoms with Gasteiger partial charge < -0.3 is 24.5 Å². The molecule has 2 N–H and O–H groups in total. The van der Waals surface area contributed by atoms with Crippen LogP contribution in [0.3, 0.4) is 0 Å². The smallest absolute Gasteiger partial charge is 0.234 e. The molecule has 0 aliphatic heterocycles. The van der Waals surface area contributed by atoms with Gasteiger partial charge in [0.15, 0.2) is 5.16 Å². The number of carbonyl (C=O) groups is 1. The van der Waals surface area contributed by atoms with Crippen LogP contribution in [0.15, 0.2) is 59.9 Å². The Balaban J connectivity index is 1.66. The Hall–Kier alpha value is -2.97. The topological polar surface area (TPSA) is 85.6 Å². The lowest BCUT2D eigenvalue weighted by atomic mass is 10.2.